The Balaban J connectivity index is 1.66. The molecule has 1 amide bonds. The normalized spacial score (nSPS) is 10.8. The van der Waals surface area contributed by atoms with Crippen LogP contribution < -0.4 is 14.8 Å². The summed E-state index contributed by atoms with van der Waals surface area (Å²) in [6, 6.07) is 19.8. The Morgan fingerprint density at radius 3 is 2.33 bits per heavy atom. The van der Waals surface area contributed by atoms with Crippen LogP contribution in [0.1, 0.15) is 15.9 Å². The molecule has 3 aromatic carbocycles. The number of anilines is 2. The summed E-state index contributed by atoms with van der Waals surface area (Å²) < 4.78 is 33.1. The van der Waals surface area contributed by atoms with Gasteiger partial charge in [0.1, 0.15) is 12.4 Å². The molecule has 0 aliphatic rings. The van der Waals surface area contributed by atoms with E-state index in [1.54, 1.807) is 60.7 Å². The van der Waals surface area contributed by atoms with Crippen LogP contribution in [0, 0.1) is 6.92 Å². The van der Waals surface area contributed by atoms with Crippen molar-refractivity contribution in [2.75, 3.05) is 16.6 Å². The van der Waals surface area contributed by atoms with Crippen molar-refractivity contribution in [3.8, 4) is 5.75 Å². The fraction of sp³-hybridized carbons (Fsp3) is 0.0870. The highest BCUT2D eigenvalue weighted by molar-refractivity contribution is 7.92. The Hall–Kier alpha value is -3.58. The van der Waals surface area contributed by atoms with E-state index in [0.717, 1.165) is 5.56 Å². The van der Waals surface area contributed by atoms with Gasteiger partial charge in [-0.2, -0.15) is 0 Å². The molecule has 0 aromatic heterocycles. The average Bonchev–Trinajstić information content (AvgIpc) is 2.72. The smallest absolute Gasteiger partial charge is 0.261 e. The molecule has 3 aromatic rings. The van der Waals surface area contributed by atoms with Gasteiger partial charge < -0.3 is 10.1 Å². The number of hydrogen-bond acceptors (Lipinski definition) is 4. The van der Waals surface area contributed by atoms with Crippen LogP contribution in [0.5, 0.6) is 5.75 Å². The SMILES string of the molecule is C=CCOc1ccc(C(=O)Nc2ccc(S(=O)(=O)Nc3cccc(C)c3)cc2)cc1. The molecule has 0 aliphatic heterocycles. The van der Waals surface area contributed by atoms with Crippen LogP contribution in [0.3, 0.4) is 0 Å². The second-order valence-corrected chi connectivity index (χ2v) is 8.26. The van der Waals surface area contributed by atoms with Crippen molar-refractivity contribution < 1.29 is 17.9 Å². The lowest BCUT2D eigenvalue weighted by Crippen LogP contribution is -2.14. The first-order chi connectivity index (χ1) is 14.4. The Labute approximate surface area is 176 Å². The summed E-state index contributed by atoms with van der Waals surface area (Å²) in [7, 11) is -3.72. The number of hydrogen-bond donors (Lipinski definition) is 2. The van der Waals surface area contributed by atoms with Crippen molar-refractivity contribution >= 4 is 27.3 Å². The van der Waals surface area contributed by atoms with Gasteiger partial charge in [-0.05, 0) is 73.2 Å². The Morgan fingerprint density at radius 1 is 1.00 bits per heavy atom. The lowest BCUT2D eigenvalue weighted by molar-refractivity contribution is 0.102. The first-order valence-corrected chi connectivity index (χ1v) is 10.7. The van der Waals surface area contributed by atoms with E-state index in [-0.39, 0.29) is 10.8 Å². The molecule has 0 aliphatic carbocycles. The molecular formula is C23H22N2O4S. The summed E-state index contributed by atoms with van der Waals surface area (Å²) in [6.07, 6.45) is 1.64. The third-order valence-corrected chi connectivity index (χ3v) is 5.57. The van der Waals surface area contributed by atoms with E-state index in [4.69, 9.17) is 4.74 Å². The molecule has 0 saturated heterocycles. The van der Waals surface area contributed by atoms with Gasteiger partial charge in [-0.3, -0.25) is 9.52 Å². The van der Waals surface area contributed by atoms with Gasteiger partial charge in [-0.15, -0.1) is 0 Å². The molecule has 2 N–H and O–H groups in total. The van der Waals surface area contributed by atoms with Crippen molar-refractivity contribution in [1.29, 1.82) is 0 Å². The molecule has 6 nitrogen and oxygen atoms in total. The predicted molar refractivity (Wildman–Crippen MR) is 119 cm³/mol. The highest BCUT2D eigenvalue weighted by atomic mass is 32.2. The summed E-state index contributed by atoms with van der Waals surface area (Å²) in [5.41, 5.74) is 2.39. The van der Waals surface area contributed by atoms with Gasteiger partial charge >= 0.3 is 0 Å². The van der Waals surface area contributed by atoms with Crippen molar-refractivity contribution in [2.24, 2.45) is 0 Å². The molecule has 0 fully saturated rings. The Kier molecular flexibility index (Phi) is 6.54. The lowest BCUT2D eigenvalue weighted by Gasteiger charge is -2.10. The van der Waals surface area contributed by atoms with Gasteiger partial charge in [0.05, 0.1) is 4.90 Å². The molecular weight excluding hydrogens is 400 g/mol. The number of nitrogens with one attached hydrogen (secondary N) is 2. The first kappa shape index (κ1) is 21.1. The highest BCUT2D eigenvalue weighted by Crippen LogP contribution is 2.20. The first-order valence-electron chi connectivity index (χ1n) is 9.22. The molecule has 3 rings (SSSR count). The molecule has 0 heterocycles. The maximum absolute atomic E-state index is 12.6. The van der Waals surface area contributed by atoms with E-state index in [1.165, 1.54) is 12.1 Å². The maximum atomic E-state index is 12.6. The van der Waals surface area contributed by atoms with Crippen LogP contribution in [0.15, 0.2) is 90.3 Å². The molecule has 30 heavy (non-hydrogen) atoms. The largest absolute Gasteiger partial charge is 0.490 e. The van der Waals surface area contributed by atoms with Gasteiger partial charge in [-0.25, -0.2) is 8.42 Å². The van der Waals surface area contributed by atoms with Crippen LogP contribution in [-0.4, -0.2) is 20.9 Å². The summed E-state index contributed by atoms with van der Waals surface area (Å²) in [5.74, 6) is 0.334. The zero-order valence-electron chi connectivity index (χ0n) is 16.5. The molecule has 0 atom stereocenters. The number of carbonyl (C=O) groups is 1. The molecule has 0 unspecified atom stereocenters. The topological polar surface area (TPSA) is 84.5 Å². The summed E-state index contributed by atoms with van der Waals surface area (Å²) in [4.78, 5) is 12.5. The Morgan fingerprint density at radius 2 is 1.70 bits per heavy atom. The van der Waals surface area contributed by atoms with E-state index in [2.05, 4.69) is 16.6 Å². The number of benzene rings is 3. The molecule has 0 radical (unpaired) electrons. The number of ether oxygens (including phenoxy) is 1. The number of rotatable bonds is 8. The van der Waals surface area contributed by atoms with Crippen molar-refractivity contribution in [2.45, 2.75) is 11.8 Å². The minimum Gasteiger partial charge on any atom is -0.490 e. The molecule has 0 saturated carbocycles. The van der Waals surface area contributed by atoms with Gasteiger partial charge in [0.15, 0.2) is 0 Å². The highest BCUT2D eigenvalue weighted by Gasteiger charge is 2.15. The van der Waals surface area contributed by atoms with Crippen LogP contribution in [0.2, 0.25) is 0 Å². The van der Waals surface area contributed by atoms with Crippen LogP contribution in [0.25, 0.3) is 0 Å². The zero-order valence-corrected chi connectivity index (χ0v) is 17.3. The number of aryl methyl sites for hydroxylation is 1. The number of amides is 1. The van der Waals surface area contributed by atoms with Crippen LogP contribution in [0.4, 0.5) is 11.4 Å². The summed E-state index contributed by atoms with van der Waals surface area (Å²) >= 11 is 0. The average molecular weight is 423 g/mol. The van der Waals surface area contributed by atoms with Crippen LogP contribution >= 0.6 is 0 Å². The van der Waals surface area contributed by atoms with E-state index in [0.29, 0.717) is 29.3 Å². The fourth-order valence-corrected chi connectivity index (χ4v) is 3.75. The van der Waals surface area contributed by atoms with Gasteiger partial charge in [0.2, 0.25) is 0 Å². The molecule has 7 heteroatoms. The number of carbonyl (C=O) groups excluding carboxylic acids is 1. The Bertz CT molecular complexity index is 1140. The van der Waals surface area contributed by atoms with Gasteiger partial charge in [0, 0.05) is 16.9 Å². The zero-order chi connectivity index (χ0) is 21.6. The maximum Gasteiger partial charge on any atom is 0.261 e. The van der Waals surface area contributed by atoms with Crippen molar-refractivity contribution in [3.63, 3.8) is 0 Å². The molecule has 0 bridgehead atoms. The van der Waals surface area contributed by atoms with Crippen molar-refractivity contribution in [1.82, 2.24) is 0 Å². The van der Waals surface area contributed by atoms with E-state index < -0.39 is 10.0 Å². The standard InChI is InChI=1S/C23H22N2O4S/c1-3-15-29-21-11-7-18(8-12-21)23(26)24-19-9-13-22(14-10-19)30(27,28)25-20-6-4-5-17(2)16-20/h3-14,16,25H,1,15H2,2H3,(H,24,26). The van der Waals surface area contributed by atoms with Crippen molar-refractivity contribution in [3.05, 3.63) is 96.6 Å². The van der Waals surface area contributed by atoms with E-state index >= 15 is 0 Å². The second kappa shape index (κ2) is 9.28. The monoisotopic (exact) mass is 422 g/mol. The predicted octanol–water partition coefficient (Wildman–Crippen LogP) is 4.61. The van der Waals surface area contributed by atoms with Crippen LogP contribution in [-0.2, 0) is 10.0 Å². The second-order valence-electron chi connectivity index (χ2n) is 6.58. The summed E-state index contributed by atoms with van der Waals surface area (Å²) in [5, 5.41) is 2.75. The third kappa shape index (κ3) is 5.48. The molecule has 154 valence electrons. The van der Waals surface area contributed by atoms with E-state index in [1.807, 2.05) is 13.0 Å². The van der Waals surface area contributed by atoms with Gasteiger partial charge in [0.25, 0.3) is 15.9 Å². The molecule has 0 spiro atoms. The number of sulfonamides is 1. The quantitative estimate of drug-likeness (QED) is 0.519. The fourth-order valence-electron chi connectivity index (χ4n) is 2.70. The lowest BCUT2D eigenvalue weighted by atomic mass is 10.2. The minimum atomic E-state index is -3.72. The third-order valence-electron chi connectivity index (χ3n) is 4.18. The minimum absolute atomic E-state index is 0.103. The van der Waals surface area contributed by atoms with Gasteiger partial charge in [-0.1, -0.05) is 24.8 Å². The van der Waals surface area contributed by atoms with E-state index in [9.17, 15) is 13.2 Å². The summed E-state index contributed by atoms with van der Waals surface area (Å²) in [6.45, 7) is 5.86.